The Morgan fingerprint density at radius 3 is 2.60 bits per heavy atom. The minimum atomic E-state index is -0.377. The van der Waals surface area contributed by atoms with Crippen molar-refractivity contribution in [2.24, 2.45) is 22.2 Å². The predicted octanol–water partition coefficient (Wildman–Crippen LogP) is -1.27. The highest BCUT2D eigenvalue weighted by molar-refractivity contribution is 6.07. The van der Waals surface area contributed by atoms with E-state index in [2.05, 4.69) is 20.6 Å². The smallest absolute Gasteiger partial charge is 0.310 e. The van der Waals surface area contributed by atoms with E-state index in [4.69, 9.17) is 17.2 Å². The third-order valence-electron chi connectivity index (χ3n) is 3.54. The molecular weight excluding hydrogens is 324 g/mol. The lowest BCUT2D eigenvalue weighted by Crippen LogP contribution is -2.37. The van der Waals surface area contributed by atoms with Crippen LogP contribution in [0, 0.1) is 0 Å². The van der Waals surface area contributed by atoms with E-state index in [9.17, 15) is 9.59 Å². The second-order valence-electron chi connectivity index (χ2n) is 5.98. The van der Waals surface area contributed by atoms with Crippen LogP contribution in [0.25, 0.3) is 0 Å². The first-order valence-corrected chi connectivity index (χ1v) is 7.57. The van der Waals surface area contributed by atoms with Crippen molar-refractivity contribution in [2.75, 3.05) is 32.5 Å². The predicted molar refractivity (Wildman–Crippen MR) is 94.9 cm³/mol. The number of carbonyl (C=O) groups is 2. The summed E-state index contributed by atoms with van der Waals surface area (Å²) in [4.78, 5) is 31.3. The summed E-state index contributed by atoms with van der Waals surface area (Å²) in [5.41, 5.74) is 17.8. The van der Waals surface area contributed by atoms with Crippen molar-refractivity contribution in [2.45, 2.75) is 0 Å². The number of nitrogens with two attached hydrogens (primary N) is 3. The van der Waals surface area contributed by atoms with Crippen LogP contribution in [0.4, 0.5) is 5.69 Å². The van der Waals surface area contributed by atoms with Gasteiger partial charge in [0.2, 0.25) is 5.70 Å². The minimum absolute atomic E-state index is 0.0412. The number of hydrogen-bond donors (Lipinski definition) is 6. The number of aromatic nitrogens is 1. The Bertz CT molecular complexity index is 768. The van der Waals surface area contributed by atoms with Gasteiger partial charge in [0, 0.05) is 18.8 Å². The topological polar surface area (TPSA) is 164 Å². The highest BCUT2D eigenvalue weighted by atomic mass is 16.2. The van der Waals surface area contributed by atoms with Crippen molar-refractivity contribution < 1.29 is 14.1 Å². The summed E-state index contributed by atoms with van der Waals surface area (Å²) in [6.45, 7) is 0.526. The van der Waals surface area contributed by atoms with Gasteiger partial charge in [0.1, 0.15) is 11.9 Å². The Labute approximate surface area is 145 Å². The van der Waals surface area contributed by atoms with Gasteiger partial charge in [-0.2, -0.15) is 0 Å². The number of hydrogen-bond acceptors (Lipinski definition) is 4. The number of carbonyl (C=O) groups excluding carboxylic acids is 2. The van der Waals surface area contributed by atoms with Gasteiger partial charge in [-0.3, -0.25) is 19.1 Å². The van der Waals surface area contributed by atoms with Gasteiger partial charge < -0.3 is 32.8 Å². The summed E-state index contributed by atoms with van der Waals surface area (Å²) < 4.78 is 0.224. The molecule has 0 fully saturated rings. The number of allylic oxidation sites excluding steroid dienone is 1. The molecule has 0 aromatic carbocycles. The van der Waals surface area contributed by atoms with Crippen molar-refractivity contribution in [1.29, 1.82) is 0 Å². The molecule has 10 nitrogen and oxygen atoms in total. The Morgan fingerprint density at radius 1 is 1.28 bits per heavy atom. The molecule has 25 heavy (non-hydrogen) atoms. The molecule has 10 heteroatoms. The molecule has 9 N–H and O–H groups in total. The Hall–Kier alpha value is -3.27. The summed E-state index contributed by atoms with van der Waals surface area (Å²) in [5, 5.41) is 5.39. The van der Waals surface area contributed by atoms with Crippen LogP contribution in [-0.4, -0.2) is 54.4 Å². The van der Waals surface area contributed by atoms with Crippen LogP contribution in [0.5, 0.6) is 0 Å². The quantitative estimate of drug-likeness (QED) is 0.163. The molecule has 1 aromatic heterocycles. The van der Waals surface area contributed by atoms with Crippen LogP contribution in [0.3, 0.4) is 0 Å². The number of nitrogens with zero attached hydrogens (tertiary/aromatic N) is 2. The van der Waals surface area contributed by atoms with Gasteiger partial charge in [0.15, 0.2) is 5.96 Å². The lowest BCUT2D eigenvalue weighted by Gasteiger charge is -2.22. The fourth-order valence-corrected chi connectivity index (χ4v) is 2.42. The lowest BCUT2D eigenvalue weighted by molar-refractivity contribution is -0.791. The van der Waals surface area contributed by atoms with Crippen molar-refractivity contribution in [3.63, 3.8) is 0 Å². The van der Waals surface area contributed by atoms with Crippen LogP contribution in [0.15, 0.2) is 40.9 Å². The van der Waals surface area contributed by atoms with Gasteiger partial charge in [0.05, 0.1) is 32.0 Å². The number of likely N-dealkylation sites (N-methyl/N-ethyl adjacent to an activating group) is 1. The van der Waals surface area contributed by atoms with Crippen LogP contribution in [-0.2, 0) is 4.79 Å². The molecule has 0 radical (unpaired) electrons. The van der Waals surface area contributed by atoms with Gasteiger partial charge in [-0.05, 0) is 6.07 Å². The zero-order valence-corrected chi connectivity index (χ0v) is 14.2. The van der Waals surface area contributed by atoms with E-state index in [1.54, 1.807) is 24.5 Å². The molecule has 0 unspecified atom stereocenters. The number of guanidine groups is 1. The van der Waals surface area contributed by atoms with E-state index in [0.29, 0.717) is 17.1 Å². The molecule has 0 saturated carbocycles. The highest BCUT2D eigenvalue weighted by Gasteiger charge is 2.33. The van der Waals surface area contributed by atoms with Gasteiger partial charge in [-0.1, -0.05) is 0 Å². The molecule has 134 valence electrons. The van der Waals surface area contributed by atoms with Crippen LogP contribution >= 0.6 is 0 Å². The molecule has 0 atom stereocenters. The molecule has 1 aliphatic rings. The normalized spacial score (nSPS) is 15.1. The standard InChI is InChI=1S/C15H22N8O2/c1-23(2)8-9(16)7-11(23)13(24)22-10-3-4-19-12(10)14(25)20-5-6-21-15(17)18/h3-4,7-8H,5-6,16H2,1-2H3,(H6-,17,18,19,20,21,22,24,25)/p+1. The summed E-state index contributed by atoms with van der Waals surface area (Å²) in [6.07, 6.45) is 4.93. The number of rotatable bonds is 6. The number of anilines is 1. The fourth-order valence-electron chi connectivity index (χ4n) is 2.42. The fraction of sp³-hybridized carbons (Fsp3) is 0.267. The number of aromatic amines is 1. The van der Waals surface area contributed by atoms with E-state index < -0.39 is 0 Å². The number of H-pyrrole nitrogens is 1. The molecule has 0 bridgehead atoms. The van der Waals surface area contributed by atoms with Crippen molar-refractivity contribution in [1.82, 2.24) is 10.3 Å². The molecule has 2 amide bonds. The Balaban J connectivity index is 2.02. The SMILES string of the molecule is C[N+]1(C)C=C(N)C=C1C(=O)Nc1cc[nH]c1C(=O)NCCN=C(N)N. The van der Waals surface area contributed by atoms with Gasteiger partial charge >= 0.3 is 5.91 Å². The third kappa shape index (κ3) is 4.38. The van der Waals surface area contributed by atoms with Crippen molar-refractivity contribution >= 4 is 23.5 Å². The van der Waals surface area contributed by atoms with Gasteiger partial charge in [-0.25, -0.2) is 0 Å². The number of nitrogens with one attached hydrogen (secondary N) is 3. The number of aliphatic imine (C=N–C) groups is 1. The Kier molecular flexibility index (Phi) is 5.13. The summed E-state index contributed by atoms with van der Waals surface area (Å²) in [7, 11) is 3.67. The lowest BCUT2D eigenvalue weighted by atomic mass is 10.3. The second kappa shape index (κ2) is 7.09. The maximum absolute atomic E-state index is 12.5. The first-order valence-electron chi connectivity index (χ1n) is 7.57. The van der Waals surface area contributed by atoms with E-state index >= 15 is 0 Å². The average Bonchev–Trinajstić information content (AvgIpc) is 3.06. The molecule has 2 heterocycles. The van der Waals surface area contributed by atoms with E-state index in [-0.39, 0.29) is 41.0 Å². The minimum Gasteiger partial charge on any atom is -0.394 e. The van der Waals surface area contributed by atoms with E-state index in [1.165, 1.54) is 0 Å². The van der Waals surface area contributed by atoms with Crippen LogP contribution in [0.2, 0.25) is 0 Å². The highest BCUT2D eigenvalue weighted by Crippen LogP contribution is 2.23. The molecule has 0 saturated heterocycles. The maximum Gasteiger partial charge on any atom is 0.310 e. The van der Waals surface area contributed by atoms with Gasteiger partial charge in [-0.15, -0.1) is 0 Å². The number of amides is 2. The first-order chi connectivity index (χ1) is 11.7. The van der Waals surface area contributed by atoms with E-state index in [1.807, 2.05) is 14.1 Å². The zero-order chi connectivity index (χ0) is 18.6. The van der Waals surface area contributed by atoms with Crippen LogP contribution < -0.4 is 27.8 Å². The monoisotopic (exact) mass is 347 g/mol. The van der Waals surface area contributed by atoms with Crippen molar-refractivity contribution in [3.8, 4) is 0 Å². The second-order valence-corrected chi connectivity index (χ2v) is 5.98. The average molecular weight is 347 g/mol. The molecule has 0 spiro atoms. The molecule has 1 aliphatic heterocycles. The van der Waals surface area contributed by atoms with E-state index in [0.717, 1.165) is 0 Å². The summed E-state index contributed by atoms with van der Waals surface area (Å²) in [6, 6.07) is 1.61. The molecular formula is C15H23N8O2+. The molecule has 1 aromatic rings. The summed E-state index contributed by atoms with van der Waals surface area (Å²) in [5.74, 6) is -0.755. The summed E-state index contributed by atoms with van der Waals surface area (Å²) >= 11 is 0. The first kappa shape index (κ1) is 18.1. The third-order valence-corrected chi connectivity index (χ3v) is 3.54. The molecule has 0 aliphatic carbocycles. The maximum atomic E-state index is 12.5. The number of quaternary nitrogens is 1. The van der Waals surface area contributed by atoms with Crippen LogP contribution in [0.1, 0.15) is 10.5 Å². The van der Waals surface area contributed by atoms with Gasteiger partial charge in [0.25, 0.3) is 5.91 Å². The zero-order valence-electron chi connectivity index (χ0n) is 14.2. The Morgan fingerprint density at radius 2 is 2.00 bits per heavy atom. The largest absolute Gasteiger partial charge is 0.394 e. The molecule has 2 rings (SSSR count). The van der Waals surface area contributed by atoms with Crippen molar-refractivity contribution in [3.05, 3.63) is 41.6 Å².